The van der Waals surface area contributed by atoms with Crippen molar-refractivity contribution in [2.75, 3.05) is 37.0 Å². The Morgan fingerprint density at radius 1 is 1.25 bits per heavy atom. The van der Waals surface area contributed by atoms with E-state index in [-0.39, 0.29) is 35.3 Å². The zero-order valence-corrected chi connectivity index (χ0v) is 17.6. The Kier molecular flexibility index (Phi) is 5.67. The number of benzene rings is 1. The smallest absolute Gasteiger partial charge is 0.250 e. The van der Waals surface area contributed by atoms with E-state index in [0.717, 1.165) is 35.8 Å². The fourth-order valence-electron chi connectivity index (χ4n) is 3.78. The van der Waals surface area contributed by atoms with Crippen molar-refractivity contribution in [3.8, 4) is 0 Å². The molecule has 0 aromatic heterocycles. The number of sulfonamides is 1. The van der Waals surface area contributed by atoms with Crippen LogP contribution in [0.25, 0.3) is 0 Å². The zero-order chi connectivity index (χ0) is 20.6. The number of amides is 2. The molecule has 154 valence electrons. The Morgan fingerprint density at radius 2 is 1.96 bits per heavy atom. The van der Waals surface area contributed by atoms with Crippen molar-refractivity contribution in [3.63, 3.8) is 0 Å². The molecular weight excluding hydrogens is 380 g/mol. The van der Waals surface area contributed by atoms with Gasteiger partial charge in [-0.25, -0.2) is 12.7 Å². The molecule has 1 N–H and O–H groups in total. The summed E-state index contributed by atoms with van der Waals surface area (Å²) in [4.78, 5) is 29.2. The van der Waals surface area contributed by atoms with Gasteiger partial charge in [0.1, 0.15) is 12.6 Å². The predicted molar refractivity (Wildman–Crippen MR) is 108 cm³/mol. The lowest BCUT2D eigenvalue weighted by atomic mass is 9.96. The molecule has 1 aromatic rings. The molecule has 3 rings (SSSR count). The van der Waals surface area contributed by atoms with Gasteiger partial charge in [0.15, 0.2) is 0 Å². The van der Waals surface area contributed by atoms with Gasteiger partial charge in [-0.15, -0.1) is 0 Å². The van der Waals surface area contributed by atoms with Crippen LogP contribution in [0.2, 0.25) is 0 Å². The molecule has 0 spiro atoms. The highest BCUT2D eigenvalue weighted by Gasteiger charge is 2.40. The molecule has 2 amide bonds. The SMILES string of the molecule is CC(C)NC(=O)CN1C(=O)[C@H]2CCCCN2c2ccc(S(=O)(=O)N(C)C)cc21. The van der Waals surface area contributed by atoms with Gasteiger partial charge in [-0.1, -0.05) is 0 Å². The van der Waals surface area contributed by atoms with Crippen LogP contribution in [0, 0.1) is 0 Å². The van der Waals surface area contributed by atoms with E-state index < -0.39 is 10.0 Å². The molecule has 0 unspecified atom stereocenters. The van der Waals surface area contributed by atoms with E-state index in [4.69, 9.17) is 0 Å². The van der Waals surface area contributed by atoms with Gasteiger partial charge < -0.3 is 10.2 Å². The number of carbonyl (C=O) groups is 2. The van der Waals surface area contributed by atoms with Crippen molar-refractivity contribution in [2.45, 2.75) is 50.1 Å². The molecule has 1 fully saturated rings. The van der Waals surface area contributed by atoms with E-state index in [1.807, 2.05) is 18.7 Å². The molecule has 0 saturated carbocycles. The fraction of sp³-hybridized carbons (Fsp3) is 0.579. The number of anilines is 2. The minimum atomic E-state index is -3.65. The number of hydrogen-bond donors (Lipinski definition) is 1. The number of piperidine rings is 1. The molecule has 9 heteroatoms. The first kappa shape index (κ1) is 20.6. The topological polar surface area (TPSA) is 90.0 Å². The van der Waals surface area contributed by atoms with Crippen LogP contribution in [-0.4, -0.2) is 63.8 Å². The van der Waals surface area contributed by atoms with Crippen molar-refractivity contribution in [1.29, 1.82) is 0 Å². The van der Waals surface area contributed by atoms with E-state index in [0.29, 0.717) is 5.69 Å². The average Bonchev–Trinajstić information content (AvgIpc) is 2.64. The number of fused-ring (bicyclic) bond motifs is 3. The van der Waals surface area contributed by atoms with Gasteiger partial charge >= 0.3 is 0 Å². The number of carbonyl (C=O) groups excluding carboxylic acids is 2. The maximum absolute atomic E-state index is 13.2. The van der Waals surface area contributed by atoms with Crippen LogP contribution < -0.4 is 15.1 Å². The molecule has 28 heavy (non-hydrogen) atoms. The van der Waals surface area contributed by atoms with Crippen LogP contribution in [-0.2, 0) is 19.6 Å². The van der Waals surface area contributed by atoms with Crippen LogP contribution in [0.1, 0.15) is 33.1 Å². The Bertz CT molecular complexity index is 882. The van der Waals surface area contributed by atoms with E-state index in [9.17, 15) is 18.0 Å². The highest BCUT2D eigenvalue weighted by molar-refractivity contribution is 7.89. The summed E-state index contributed by atoms with van der Waals surface area (Å²) in [7, 11) is -0.718. The van der Waals surface area contributed by atoms with Crippen molar-refractivity contribution in [2.24, 2.45) is 0 Å². The van der Waals surface area contributed by atoms with E-state index in [1.165, 1.54) is 25.1 Å². The van der Waals surface area contributed by atoms with Crippen molar-refractivity contribution in [1.82, 2.24) is 9.62 Å². The van der Waals surface area contributed by atoms with Crippen molar-refractivity contribution < 1.29 is 18.0 Å². The average molecular weight is 409 g/mol. The second-order valence-electron chi connectivity index (χ2n) is 7.79. The van der Waals surface area contributed by atoms with Gasteiger partial charge in [-0.3, -0.25) is 14.5 Å². The van der Waals surface area contributed by atoms with Crippen molar-refractivity contribution >= 4 is 33.2 Å². The standard InChI is InChI=1S/C19H28N4O4S/c1-13(2)20-18(24)12-23-17-11-14(28(26,27)21(3)4)8-9-15(17)22-10-6-5-7-16(22)19(23)25/h8-9,11,13,16H,5-7,10,12H2,1-4H3,(H,20,24)/t16-/m1/s1. The van der Waals surface area contributed by atoms with Crippen molar-refractivity contribution in [3.05, 3.63) is 18.2 Å². The summed E-state index contributed by atoms with van der Waals surface area (Å²) in [6.45, 7) is 4.33. The normalized spacial score (nSPS) is 19.6. The van der Waals surface area contributed by atoms with Crippen LogP contribution in [0.3, 0.4) is 0 Å². The van der Waals surface area contributed by atoms with Gasteiger partial charge in [0.2, 0.25) is 21.8 Å². The van der Waals surface area contributed by atoms with E-state index in [1.54, 1.807) is 12.1 Å². The second-order valence-corrected chi connectivity index (χ2v) is 9.94. The summed E-state index contributed by atoms with van der Waals surface area (Å²) < 4.78 is 26.3. The van der Waals surface area contributed by atoms with Gasteiger partial charge in [-0.2, -0.15) is 0 Å². The number of nitrogens with one attached hydrogen (secondary N) is 1. The van der Waals surface area contributed by atoms with Gasteiger partial charge in [-0.05, 0) is 51.3 Å². The Balaban J connectivity index is 2.07. The molecule has 2 aliphatic heterocycles. The molecule has 0 radical (unpaired) electrons. The molecule has 8 nitrogen and oxygen atoms in total. The number of nitrogens with zero attached hydrogens (tertiary/aromatic N) is 3. The molecule has 1 aromatic carbocycles. The third kappa shape index (κ3) is 3.73. The maximum atomic E-state index is 13.2. The molecular formula is C19H28N4O4S. The number of rotatable bonds is 5. The van der Waals surface area contributed by atoms with E-state index >= 15 is 0 Å². The lowest BCUT2D eigenvalue weighted by Crippen LogP contribution is -2.57. The van der Waals surface area contributed by atoms with Gasteiger partial charge in [0.25, 0.3) is 0 Å². The minimum absolute atomic E-state index is 0.0431. The Morgan fingerprint density at radius 3 is 2.61 bits per heavy atom. The molecule has 2 heterocycles. The molecule has 1 atom stereocenters. The Hall–Kier alpha value is -2.13. The quantitative estimate of drug-likeness (QED) is 0.790. The van der Waals surface area contributed by atoms with Crippen LogP contribution in [0.4, 0.5) is 11.4 Å². The van der Waals surface area contributed by atoms with Crippen LogP contribution in [0.15, 0.2) is 23.1 Å². The summed E-state index contributed by atoms with van der Waals surface area (Å²) in [5.41, 5.74) is 1.28. The lowest BCUT2D eigenvalue weighted by Gasteiger charge is -2.45. The zero-order valence-electron chi connectivity index (χ0n) is 16.8. The summed E-state index contributed by atoms with van der Waals surface area (Å²) >= 11 is 0. The largest absolute Gasteiger partial charge is 0.358 e. The molecule has 1 saturated heterocycles. The summed E-state index contributed by atoms with van der Waals surface area (Å²) in [5, 5.41) is 2.80. The third-order valence-electron chi connectivity index (χ3n) is 5.13. The predicted octanol–water partition coefficient (Wildman–Crippen LogP) is 1.17. The monoisotopic (exact) mass is 408 g/mol. The highest BCUT2D eigenvalue weighted by atomic mass is 32.2. The fourth-order valence-corrected chi connectivity index (χ4v) is 4.71. The van der Waals surface area contributed by atoms with E-state index in [2.05, 4.69) is 5.32 Å². The third-order valence-corrected chi connectivity index (χ3v) is 6.94. The van der Waals surface area contributed by atoms with Gasteiger partial charge in [0.05, 0.1) is 16.3 Å². The number of hydrogen-bond acceptors (Lipinski definition) is 5. The highest BCUT2D eigenvalue weighted by Crippen LogP contribution is 2.40. The first-order valence-corrected chi connectivity index (χ1v) is 11.0. The lowest BCUT2D eigenvalue weighted by molar-refractivity contribution is -0.125. The molecule has 0 aliphatic carbocycles. The first-order chi connectivity index (χ1) is 13.1. The Labute approximate surface area is 166 Å². The van der Waals surface area contributed by atoms with Gasteiger partial charge in [0, 0.05) is 26.7 Å². The minimum Gasteiger partial charge on any atom is -0.358 e. The maximum Gasteiger partial charge on any atom is 0.250 e. The summed E-state index contributed by atoms with van der Waals surface area (Å²) in [5.74, 6) is -0.412. The first-order valence-electron chi connectivity index (χ1n) is 9.57. The van der Waals surface area contributed by atoms with Crippen LogP contribution >= 0.6 is 0 Å². The summed E-state index contributed by atoms with van der Waals surface area (Å²) in [6.07, 6.45) is 2.68. The molecule has 2 aliphatic rings. The van der Waals surface area contributed by atoms with Crippen LogP contribution in [0.5, 0.6) is 0 Å². The second kappa shape index (κ2) is 7.71. The summed E-state index contributed by atoms with van der Waals surface area (Å²) in [6, 6.07) is 4.49. The molecule has 0 bridgehead atoms.